The number of hydrogen-bond acceptors (Lipinski definition) is 2. The molecule has 3 aromatic rings. The molecule has 121 valence electrons. The fourth-order valence-corrected chi connectivity index (χ4v) is 4.00. The Hall–Kier alpha value is -1.77. The van der Waals surface area contributed by atoms with Crippen molar-refractivity contribution in [3.05, 3.63) is 70.3 Å². The highest BCUT2D eigenvalue weighted by Crippen LogP contribution is 2.35. The molecule has 0 unspecified atom stereocenters. The molecule has 1 aliphatic rings. The van der Waals surface area contributed by atoms with Crippen LogP contribution in [-0.4, -0.2) is 18.1 Å². The maximum Gasteiger partial charge on any atom is 0.0709 e. The van der Waals surface area contributed by atoms with Crippen LogP contribution >= 0.6 is 23.2 Å². The summed E-state index contributed by atoms with van der Waals surface area (Å²) in [4.78, 5) is 6.76. The van der Waals surface area contributed by atoms with Crippen LogP contribution in [0.15, 0.2) is 48.7 Å². The van der Waals surface area contributed by atoms with Crippen LogP contribution in [0.1, 0.15) is 24.3 Å². The first-order valence-corrected chi connectivity index (χ1v) is 8.93. The highest BCUT2D eigenvalue weighted by atomic mass is 35.5. The second-order valence-electron chi connectivity index (χ2n) is 6.21. The summed E-state index contributed by atoms with van der Waals surface area (Å²) in [5, 5.41) is 2.54. The molecule has 1 saturated heterocycles. The smallest absolute Gasteiger partial charge is 0.0709 e. The van der Waals surface area contributed by atoms with E-state index in [2.05, 4.69) is 40.2 Å². The van der Waals surface area contributed by atoms with Crippen LogP contribution in [-0.2, 0) is 0 Å². The van der Waals surface area contributed by atoms with Crippen molar-refractivity contribution in [2.45, 2.75) is 18.8 Å². The zero-order valence-corrected chi connectivity index (χ0v) is 14.7. The number of halogens is 2. The van der Waals surface area contributed by atoms with Crippen molar-refractivity contribution in [3.63, 3.8) is 0 Å². The zero-order chi connectivity index (χ0) is 16.5. The topological polar surface area (TPSA) is 16.1 Å². The van der Waals surface area contributed by atoms with E-state index in [0.717, 1.165) is 47.5 Å². The fourth-order valence-electron chi connectivity index (χ4n) is 3.44. The average molecular weight is 356 g/mol. The van der Waals surface area contributed by atoms with Gasteiger partial charge in [-0.15, -0.1) is 0 Å². The number of rotatable bonds is 2. The number of anilines is 1. The van der Waals surface area contributed by atoms with Gasteiger partial charge in [0.05, 0.1) is 5.52 Å². The molecule has 0 saturated carbocycles. The van der Waals surface area contributed by atoms with Crippen molar-refractivity contribution in [1.29, 1.82) is 0 Å². The summed E-state index contributed by atoms with van der Waals surface area (Å²) in [7, 11) is 0. The summed E-state index contributed by atoms with van der Waals surface area (Å²) in [6, 6.07) is 17.5. The molecule has 1 fully saturated rings. The first kappa shape index (κ1) is 15.7. The van der Waals surface area contributed by atoms with Gasteiger partial charge in [-0.25, -0.2) is 0 Å². The number of piperidine rings is 1. The van der Waals surface area contributed by atoms with Crippen molar-refractivity contribution in [2.24, 2.45) is 0 Å². The summed E-state index contributed by atoms with van der Waals surface area (Å²) >= 11 is 12.4. The number of fused-ring (bicyclic) bond motifs is 1. The standard InChI is InChI=1S/C20H17Cl2N2/c21-16-3-5-18(19(22)13-16)14-7-10-24(11-8-14)17-4-6-20-15(12-17)2-1-9-23-20/h1-6,9,13-14H,7-8,10-11H2. The Morgan fingerprint density at radius 1 is 1.04 bits per heavy atom. The van der Waals surface area contributed by atoms with Gasteiger partial charge in [0, 0.05) is 46.5 Å². The van der Waals surface area contributed by atoms with E-state index in [4.69, 9.17) is 23.2 Å². The summed E-state index contributed by atoms with van der Waals surface area (Å²) in [6.07, 6.45) is 3.98. The first-order chi connectivity index (χ1) is 11.7. The summed E-state index contributed by atoms with van der Waals surface area (Å²) in [6.45, 7) is 2.01. The molecular weight excluding hydrogens is 339 g/mol. The molecule has 4 heteroatoms. The lowest BCUT2D eigenvalue weighted by molar-refractivity contribution is 0.505. The normalized spacial score (nSPS) is 15.8. The molecule has 0 bridgehead atoms. The van der Waals surface area contributed by atoms with Gasteiger partial charge in [0.25, 0.3) is 0 Å². The lowest BCUT2D eigenvalue weighted by atomic mass is 9.89. The second-order valence-corrected chi connectivity index (χ2v) is 7.05. The molecule has 0 spiro atoms. The molecular formula is C20H17Cl2N2. The molecule has 2 aromatic carbocycles. The van der Waals surface area contributed by atoms with Gasteiger partial charge in [-0.1, -0.05) is 35.3 Å². The maximum atomic E-state index is 6.37. The first-order valence-electron chi connectivity index (χ1n) is 8.18. The maximum absolute atomic E-state index is 6.37. The number of aromatic nitrogens is 1. The molecule has 24 heavy (non-hydrogen) atoms. The molecule has 0 aliphatic carbocycles. The molecule has 2 heterocycles. The van der Waals surface area contributed by atoms with Gasteiger partial charge in [0.15, 0.2) is 0 Å². The van der Waals surface area contributed by atoms with Gasteiger partial charge in [-0.3, -0.25) is 4.98 Å². The molecule has 2 nitrogen and oxygen atoms in total. The van der Waals surface area contributed by atoms with Gasteiger partial charge in [0.2, 0.25) is 0 Å². The monoisotopic (exact) mass is 355 g/mol. The molecule has 0 atom stereocenters. The van der Waals surface area contributed by atoms with Gasteiger partial charge < -0.3 is 4.90 Å². The average Bonchev–Trinajstić information content (AvgIpc) is 2.62. The minimum atomic E-state index is 0.494. The second kappa shape index (κ2) is 6.62. The van der Waals surface area contributed by atoms with Crippen LogP contribution in [0.2, 0.25) is 10.0 Å². The summed E-state index contributed by atoms with van der Waals surface area (Å²) in [5.41, 5.74) is 3.35. The summed E-state index contributed by atoms with van der Waals surface area (Å²) < 4.78 is 0. The van der Waals surface area contributed by atoms with E-state index >= 15 is 0 Å². The van der Waals surface area contributed by atoms with Gasteiger partial charge in [-0.05, 0) is 54.7 Å². The van der Waals surface area contributed by atoms with Crippen LogP contribution in [0.5, 0.6) is 0 Å². The number of nitrogens with zero attached hydrogens (tertiary/aromatic N) is 2. The van der Waals surface area contributed by atoms with Gasteiger partial charge in [0.1, 0.15) is 0 Å². The fraction of sp³-hybridized carbons (Fsp3) is 0.250. The SMILES string of the molecule is Clc1ccc(C2CCN(c3[c]c4cccnc4cc3)CC2)c(Cl)c1. The Morgan fingerprint density at radius 3 is 2.67 bits per heavy atom. The molecule has 1 aliphatic heterocycles. The third kappa shape index (κ3) is 3.09. The van der Waals surface area contributed by atoms with Crippen molar-refractivity contribution < 1.29 is 0 Å². The van der Waals surface area contributed by atoms with E-state index in [1.165, 1.54) is 5.56 Å². The Bertz CT molecular complexity index is 870. The number of benzene rings is 2. The highest BCUT2D eigenvalue weighted by molar-refractivity contribution is 6.35. The van der Waals surface area contributed by atoms with Gasteiger partial charge in [-0.2, -0.15) is 0 Å². The molecule has 1 aromatic heterocycles. The predicted molar refractivity (Wildman–Crippen MR) is 101 cm³/mol. The van der Waals surface area contributed by atoms with E-state index in [1.807, 2.05) is 24.4 Å². The van der Waals surface area contributed by atoms with Crippen molar-refractivity contribution in [2.75, 3.05) is 18.0 Å². The molecule has 4 rings (SSSR count). The third-order valence-electron chi connectivity index (χ3n) is 4.74. The lowest BCUT2D eigenvalue weighted by Gasteiger charge is -2.34. The Morgan fingerprint density at radius 2 is 1.88 bits per heavy atom. The highest BCUT2D eigenvalue weighted by Gasteiger charge is 2.22. The zero-order valence-electron chi connectivity index (χ0n) is 13.2. The molecule has 0 N–H and O–H groups in total. The Kier molecular flexibility index (Phi) is 4.34. The molecule has 0 amide bonds. The van der Waals surface area contributed by atoms with E-state index < -0.39 is 0 Å². The van der Waals surface area contributed by atoms with Crippen LogP contribution in [0, 0.1) is 6.07 Å². The van der Waals surface area contributed by atoms with Crippen LogP contribution < -0.4 is 4.90 Å². The van der Waals surface area contributed by atoms with Crippen LogP contribution in [0.25, 0.3) is 10.9 Å². The Labute approximate surface area is 152 Å². The quantitative estimate of drug-likeness (QED) is 0.583. The van der Waals surface area contributed by atoms with Crippen LogP contribution in [0.3, 0.4) is 0 Å². The van der Waals surface area contributed by atoms with Crippen molar-refractivity contribution >= 4 is 39.8 Å². The number of hydrogen-bond donors (Lipinski definition) is 0. The number of pyridine rings is 1. The van der Waals surface area contributed by atoms with Crippen molar-refractivity contribution in [1.82, 2.24) is 4.98 Å². The minimum absolute atomic E-state index is 0.494. The third-order valence-corrected chi connectivity index (χ3v) is 5.30. The van der Waals surface area contributed by atoms with E-state index in [9.17, 15) is 0 Å². The van der Waals surface area contributed by atoms with E-state index in [1.54, 1.807) is 0 Å². The van der Waals surface area contributed by atoms with E-state index in [0.29, 0.717) is 10.9 Å². The summed E-state index contributed by atoms with van der Waals surface area (Å²) in [5.74, 6) is 0.494. The van der Waals surface area contributed by atoms with E-state index in [-0.39, 0.29) is 0 Å². The molecule has 1 radical (unpaired) electrons. The Balaban J connectivity index is 1.50. The lowest BCUT2D eigenvalue weighted by Crippen LogP contribution is -2.33. The van der Waals surface area contributed by atoms with Crippen LogP contribution in [0.4, 0.5) is 5.69 Å². The largest absolute Gasteiger partial charge is 0.371 e. The minimum Gasteiger partial charge on any atom is -0.371 e. The van der Waals surface area contributed by atoms with Gasteiger partial charge >= 0.3 is 0 Å². The predicted octanol–water partition coefficient (Wildman–Crippen LogP) is 5.73. The van der Waals surface area contributed by atoms with Crippen molar-refractivity contribution in [3.8, 4) is 0 Å².